The number of nitriles is 1. The van der Waals surface area contributed by atoms with E-state index in [4.69, 9.17) is 5.26 Å². The zero-order valence-electron chi connectivity index (χ0n) is 10.2. The van der Waals surface area contributed by atoms with Crippen LogP contribution in [0, 0.1) is 16.2 Å². The Hall–Kier alpha value is -3.20. The highest BCUT2D eigenvalue weighted by molar-refractivity contribution is 5.90. The number of phenols is 2. The van der Waals surface area contributed by atoms with Gasteiger partial charge in [-0.05, 0) is 46.6 Å². The Morgan fingerprint density at radius 2 is 2.00 bits per heavy atom. The van der Waals surface area contributed by atoms with Crippen LogP contribution >= 0.6 is 0 Å². The molecule has 2 N–H and O–H groups in total. The lowest BCUT2D eigenvalue weighted by Gasteiger charge is -2.03. The molecule has 0 saturated carbocycles. The Morgan fingerprint density at radius 1 is 1.30 bits per heavy atom. The van der Waals surface area contributed by atoms with E-state index in [9.17, 15) is 15.1 Å². The van der Waals surface area contributed by atoms with Gasteiger partial charge in [0.15, 0.2) is 17.2 Å². The van der Waals surface area contributed by atoms with Crippen molar-refractivity contribution < 1.29 is 10.2 Å². The van der Waals surface area contributed by atoms with Gasteiger partial charge >= 0.3 is 0 Å². The Bertz CT molecular complexity index is 718. The van der Waals surface area contributed by atoms with E-state index in [0.29, 0.717) is 16.7 Å². The van der Waals surface area contributed by atoms with E-state index in [1.807, 2.05) is 6.07 Å². The largest absolute Gasteiger partial charge is 0.504 e. The van der Waals surface area contributed by atoms with Gasteiger partial charge in [0.25, 0.3) is 0 Å². The lowest BCUT2D eigenvalue weighted by molar-refractivity contribution is 0.405. The van der Waals surface area contributed by atoms with Crippen molar-refractivity contribution in [1.82, 2.24) is 4.98 Å². The van der Waals surface area contributed by atoms with Crippen LogP contribution in [0.1, 0.15) is 11.1 Å². The fourth-order valence-electron chi connectivity index (χ4n) is 1.66. The second-order valence-electron chi connectivity index (χ2n) is 3.90. The number of allylic oxidation sites excluding steroid dienone is 1. The molecule has 0 aliphatic heterocycles. The molecule has 2 rings (SSSR count). The van der Waals surface area contributed by atoms with Gasteiger partial charge in [-0.15, -0.1) is 4.91 Å². The first kappa shape index (κ1) is 13.2. The SMILES string of the molecule is N#C/C(=C\c1cc(O)c(O)c(N=O)c1)c1ccncc1. The van der Waals surface area contributed by atoms with Crippen molar-refractivity contribution in [3.8, 4) is 17.6 Å². The van der Waals surface area contributed by atoms with Crippen molar-refractivity contribution in [2.45, 2.75) is 0 Å². The number of aromatic nitrogens is 1. The first-order chi connectivity index (χ1) is 9.65. The lowest BCUT2D eigenvalue weighted by atomic mass is 10.0. The van der Waals surface area contributed by atoms with E-state index < -0.39 is 11.5 Å². The van der Waals surface area contributed by atoms with Crippen LogP contribution in [-0.4, -0.2) is 15.2 Å². The number of pyridine rings is 1. The number of nitroso groups, excluding NO2 is 1. The van der Waals surface area contributed by atoms with Crippen LogP contribution in [-0.2, 0) is 0 Å². The molecule has 0 amide bonds. The van der Waals surface area contributed by atoms with E-state index in [-0.39, 0.29) is 5.69 Å². The molecule has 0 fully saturated rings. The number of hydrogen-bond donors (Lipinski definition) is 2. The first-order valence-corrected chi connectivity index (χ1v) is 5.57. The minimum atomic E-state index is -0.584. The number of phenolic OH excluding ortho intramolecular Hbond substituents is 2. The third-order valence-electron chi connectivity index (χ3n) is 2.61. The van der Waals surface area contributed by atoms with Crippen LogP contribution in [0.4, 0.5) is 5.69 Å². The minimum absolute atomic E-state index is 0.289. The monoisotopic (exact) mass is 267 g/mol. The first-order valence-electron chi connectivity index (χ1n) is 5.57. The van der Waals surface area contributed by atoms with Crippen molar-refractivity contribution in [2.75, 3.05) is 0 Å². The Labute approximate surface area is 114 Å². The predicted octanol–water partition coefficient (Wildman–Crippen LogP) is 2.95. The highest BCUT2D eigenvalue weighted by Gasteiger charge is 2.10. The molecule has 0 aliphatic rings. The maximum atomic E-state index is 10.5. The molecular weight excluding hydrogens is 258 g/mol. The molecule has 0 bridgehead atoms. The molecule has 1 aromatic heterocycles. The van der Waals surface area contributed by atoms with Gasteiger partial charge in [0.05, 0.1) is 11.6 Å². The second kappa shape index (κ2) is 5.63. The standard InChI is InChI=1S/C14H9N3O3/c15-8-11(10-1-3-16-4-2-10)5-9-6-12(17-20)14(19)13(18)7-9/h1-7,18-19H/b11-5+. The van der Waals surface area contributed by atoms with Gasteiger partial charge in [-0.25, -0.2) is 0 Å². The van der Waals surface area contributed by atoms with Crippen LogP contribution in [0.3, 0.4) is 0 Å². The number of nitrogens with zero attached hydrogens (tertiary/aromatic N) is 3. The fourth-order valence-corrected chi connectivity index (χ4v) is 1.66. The Morgan fingerprint density at radius 3 is 2.60 bits per heavy atom. The highest BCUT2D eigenvalue weighted by Crippen LogP contribution is 2.37. The molecule has 0 radical (unpaired) electrons. The molecule has 0 saturated heterocycles. The van der Waals surface area contributed by atoms with Crippen LogP contribution < -0.4 is 0 Å². The smallest absolute Gasteiger partial charge is 0.187 e. The normalized spacial score (nSPS) is 10.8. The van der Waals surface area contributed by atoms with E-state index in [1.165, 1.54) is 18.2 Å². The summed E-state index contributed by atoms with van der Waals surface area (Å²) in [5.41, 5.74) is 1.07. The molecular formula is C14H9N3O3. The van der Waals surface area contributed by atoms with Gasteiger partial charge in [-0.1, -0.05) is 0 Å². The average Bonchev–Trinajstić information content (AvgIpc) is 2.49. The summed E-state index contributed by atoms with van der Waals surface area (Å²) in [7, 11) is 0. The van der Waals surface area contributed by atoms with E-state index in [2.05, 4.69) is 10.2 Å². The van der Waals surface area contributed by atoms with Gasteiger partial charge < -0.3 is 10.2 Å². The van der Waals surface area contributed by atoms with Crippen molar-refractivity contribution >= 4 is 17.3 Å². The summed E-state index contributed by atoms with van der Waals surface area (Å²) in [6.45, 7) is 0. The van der Waals surface area contributed by atoms with Gasteiger partial charge in [0.1, 0.15) is 0 Å². The maximum absolute atomic E-state index is 10.5. The van der Waals surface area contributed by atoms with Gasteiger partial charge in [0.2, 0.25) is 0 Å². The van der Waals surface area contributed by atoms with E-state index >= 15 is 0 Å². The summed E-state index contributed by atoms with van der Waals surface area (Å²) in [5, 5.41) is 30.7. The van der Waals surface area contributed by atoms with Crippen molar-refractivity contribution in [3.63, 3.8) is 0 Å². The molecule has 6 nitrogen and oxygen atoms in total. The Balaban J connectivity index is 2.52. The molecule has 0 unspecified atom stereocenters. The summed E-state index contributed by atoms with van der Waals surface area (Å²) in [6.07, 6.45) is 4.57. The molecule has 1 heterocycles. The van der Waals surface area contributed by atoms with Crippen molar-refractivity contribution in [3.05, 3.63) is 52.7 Å². The molecule has 0 atom stereocenters. The number of rotatable bonds is 3. The maximum Gasteiger partial charge on any atom is 0.187 e. The average molecular weight is 267 g/mol. The summed E-state index contributed by atoms with van der Waals surface area (Å²) < 4.78 is 0. The van der Waals surface area contributed by atoms with Crippen molar-refractivity contribution in [1.29, 1.82) is 5.26 Å². The zero-order valence-corrected chi connectivity index (χ0v) is 10.2. The van der Waals surface area contributed by atoms with Crippen molar-refractivity contribution in [2.24, 2.45) is 5.18 Å². The van der Waals surface area contributed by atoms with Gasteiger partial charge in [0, 0.05) is 12.4 Å². The zero-order chi connectivity index (χ0) is 14.5. The number of aromatic hydroxyl groups is 2. The van der Waals surface area contributed by atoms with E-state index in [0.717, 1.165) is 0 Å². The van der Waals surface area contributed by atoms with E-state index in [1.54, 1.807) is 24.5 Å². The molecule has 20 heavy (non-hydrogen) atoms. The summed E-state index contributed by atoms with van der Waals surface area (Å²) in [4.78, 5) is 14.4. The van der Waals surface area contributed by atoms with Crippen LogP contribution in [0.25, 0.3) is 11.6 Å². The summed E-state index contributed by atoms with van der Waals surface area (Å²) in [6, 6.07) is 7.86. The summed E-state index contributed by atoms with van der Waals surface area (Å²) >= 11 is 0. The van der Waals surface area contributed by atoms with Crippen LogP contribution in [0.15, 0.2) is 41.8 Å². The predicted molar refractivity (Wildman–Crippen MR) is 72.9 cm³/mol. The molecule has 0 aliphatic carbocycles. The fraction of sp³-hybridized carbons (Fsp3) is 0. The topological polar surface area (TPSA) is 107 Å². The third-order valence-corrected chi connectivity index (χ3v) is 2.61. The van der Waals surface area contributed by atoms with Crippen LogP contribution in [0.2, 0.25) is 0 Å². The third kappa shape index (κ3) is 2.62. The number of hydrogen-bond acceptors (Lipinski definition) is 6. The number of benzene rings is 1. The summed E-state index contributed by atoms with van der Waals surface area (Å²) in [5.74, 6) is -1.06. The second-order valence-corrected chi connectivity index (χ2v) is 3.90. The quantitative estimate of drug-likeness (QED) is 0.505. The molecule has 98 valence electrons. The molecule has 0 spiro atoms. The lowest BCUT2D eigenvalue weighted by Crippen LogP contribution is -1.83. The highest BCUT2D eigenvalue weighted by atomic mass is 16.3. The molecule has 2 aromatic rings. The van der Waals surface area contributed by atoms with Gasteiger partial charge in [-0.3, -0.25) is 4.98 Å². The molecule has 6 heteroatoms. The van der Waals surface area contributed by atoms with Crippen LogP contribution in [0.5, 0.6) is 11.5 Å². The molecule has 1 aromatic carbocycles. The Kier molecular flexibility index (Phi) is 3.72. The van der Waals surface area contributed by atoms with Gasteiger partial charge in [-0.2, -0.15) is 5.26 Å². The minimum Gasteiger partial charge on any atom is -0.504 e.